The molecule has 0 spiro atoms. The average Bonchev–Trinajstić information content (AvgIpc) is 2.47. The summed E-state index contributed by atoms with van der Waals surface area (Å²) in [6.07, 6.45) is 0. The molecule has 0 amide bonds. The van der Waals surface area contributed by atoms with Crippen LogP contribution >= 0.6 is 0 Å². The highest BCUT2D eigenvalue weighted by atomic mass is 16.6. The Balaban J connectivity index is 2.09. The molecule has 0 saturated heterocycles. The Hall–Kier alpha value is -2.56. The average molecular weight is 273 g/mol. The topological polar surface area (TPSA) is 61.6 Å². The van der Waals surface area contributed by atoms with Crippen molar-refractivity contribution in [3.8, 4) is 11.5 Å². The Labute approximate surface area is 116 Å². The summed E-state index contributed by atoms with van der Waals surface area (Å²) in [7, 11) is 0. The molecule has 0 atom stereocenters. The summed E-state index contributed by atoms with van der Waals surface area (Å²) in [5, 5.41) is 10.7. The molecular weight excluding hydrogens is 258 g/mol. The molecule has 0 aliphatic rings. The second-order valence-electron chi connectivity index (χ2n) is 4.10. The van der Waals surface area contributed by atoms with Crippen LogP contribution in [0.5, 0.6) is 11.5 Å². The van der Waals surface area contributed by atoms with Crippen molar-refractivity contribution in [2.24, 2.45) is 0 Å². The number of benzene rings is 2. The molecule has 5 heteroatoms. The lowest BCUT2D eigenvalue weighted by Gasteiger charge is -2.11. The van der Waals surface area contributed by atoms with E-state index in [1.807, 2.05) is 31.2 Å². The van der Waals surface area contributed by atoms with Gasteiger partial charge in [0.2, 0.25) is 0 Å². The number of hydrogen-bond acceptors (Lipinski definition) is 4. The molecule has 0 bridgehead atoms. The Bertz CT molecular complexity index is 598. The van der Waals surface area contributed by atoms with Gasteiger partial charge >= 0.3 is 0 Å². The van der Waals surface area contributed by atoms with Gasteiger partial charge < -0.3 is 9.47 Å². The van der Waals surface area contributed by atoms with E-state index in [2.05, 4.69) is 0 Å². The van der Waals surface area contributed by atoms with Crippen LogP contribution in [0, 0.1) is 10.1 Å². The molecule has 5 nitrogen and oxygen atoms in total. The zero-order valence-electron chi connectivity index (χ0n) is 11.1. The summed E-state index contributed by atoms with van der Waals surface area (Å²) in [6.45, 7) is 2.71. The summed E-state index contributed by atoms with van der Waals surface area (Å²) >= 11 is 0. The van der Waals surface area contributed by atoms with Crippen molar-refractivity contribution in [2.45, 2.75) is 13.5 Å². The molecule has 2 aromatic rings. The minimum atomic E-state index is -0.419. The summed E-state index contributed by atoms with van der Waals surface area (Å²) in [5.74, 6) is 1.29. The predicted octanol–water partition coefficient (Wildman–Crippen LogP) is 3.57. The fraction of sp³-hybridized carbons (Fsp3) is 0.200. The number of non-ortho nitro benzene ring substituents is 1. The van der Waals surface area contributed by atoms with Crippen molar-refractivity contribution in [1.29, 1.82) is 0 Å². The first-order chi connectivity index (χ1) is 9.70. The van der Waals surface area contributed by atoms with Crippen LogP contribution in [0.3, 0.4) is 0 Å². The molecule has 0 unspecified atom stereocenters. The smallest absolute Gasteiger partial charge is 0.269 e. The fourth-order valence-electron chi connectivity index (χ4n) is 1.77. The van der Waals surface area contributed by atoms with Crippen molar-refractivity contribution in [3.63, 3.8) is 0 Å². The molecule has 0 heterocycles. The third kappa shape index (κ3) is 3.47. The van der Waals surface area contributed by atoms with Gasteiger partial charge in [-0.25, -0.2) is 0 Å². The lowest BCUT2D eigenvalue weighted by atomic mass is 10.2. The zero-order chi connectivity index (χ0) is 14.4. The number of nitrogens with zero attached hydrogens (tertiary/aromatic N) is 1. The van der Waals surface area contributed by atoms with Gasteiger partial charge in [0.25, 0.3) is 5.69 Å². The molecule has 0 fully saturated rings. The van der Waals surface area contributed by atoms with Crippen molar-refractivity contribution in [3.05, 3.63) is 64.2 Å². The molecule has 0 aliphatic carbocycles. The lowest BCUT2D eigenvalue weighted by Crippen LogP contribution is -2.00. The van der Waals surface area contributed by atoms with Crippen molar-refractivity contribution < 1.29 is 14.4 Å². The standard InChI is InChI=1S/C15H15NO4/c1-2-19-14-8-3-4-9-15(14)20-11-12-6-5-7-13(10-12)16(17)18/h3-10H,2,11H2,1H3. The number of para-hydroxylation sites is 2. The second kappa shape index (κ2) is 6.56. The van der Waals surface area contributed by atoms with E-state index < -0.39 is 4.92 Å². The predicted molar refractivity (Wildman–Crippen MR) is 75.0 cm³/mol. The first-order valence-electron chi connectivity index (χ1n) is 6.28. The van der Waals surface area contributed by atoms with Crippen LogP contribution in [0.4, 0.5) is 5.69 Å². The van der Waals surface area contributed by atoms with E-state index >= 15 is 0 Å². The molecule has 2 aromatic carbocycles. The number of nitro groups is 1. The van der Waals surface area contributed by atoms with Gasteiger partial charge in [-0.05, 0) is 24.6 Å². The first kappa shape index (κ1) is 13.9. The van der Waals surface area contributed by atoms with Gasteiger partial charge in [0.05, 0.1) is 11.5 Å². The van der Waals surface area contributed by atoms with Crippen molar-refractivity contribution in [2.75, 3.05) is 6.61 Å². The largest absolute Gasteiger partial charge is 0.490 e. The summed E-state index contributed by atoms with van der Waals surface area (Å²) < 4.78 is 11.1. The van der Waals surface area contributed by atoms with Gasteiger partial charge in [0.1, 0.15) is 6.61 Å². The Morgan fingerprint density at radius 1 is 1.05 bits per heavy atom. The SMILES string of the molecule is CCOc1ccccc1OCc1cccc([N+](=O)[O-])c1. The Morgan fingerprint density at radius 2 is 1.75 bits per heavy atom. The highest BCUT2D eigenvalue weighted by molar-refractivity contribution is 5.40. The van der Waals surface area contributed by atoms with Gasteiger partial charge in [-0.1, -0.05) is 24.3 Å². The third-order valence-corrected chi connectivity index (χ3v) is 2.66. The zero-order valence-corrected chi connectivity index (χ0v) is 11.1. The molecule has 2 rings (SSSR count). The van der Waals surface area contributed by atoms with Gasteiger partial charge in [0.15, 0.2) is 11.5 Å². The summed E-state index contributed by atoms with van der Waals surface area (Å²) in [5.41, 5.74) is 0.801. The highest BCUT2D eigenvalue weighted by Crippen LogP contribution is 2.27. The van der Waals surface area contributed by atoms with Gasteiger partial charge in [-0.2, -0.15) is 0 Å². The van der Waals surface area contributed by atoms with E-state index in [-0.39, 0.29) is 12.3 Å². The molecule has 0 aliphatic heterocycles. The van der Waals surface area contributed by atoms with Crippen LogP contribution in [0.15, 0.2) is 48.5 Å². The molecule has 104 valence electrons. The minimum absolute atomic E-state index is 0.0594. The van der Waals surface area contributed by atoms with E-state index in [9.17, 15) is 10.1 Å². The molecule has 0 N–H and O–H groups in total. The summed E-state index contributed by atoms with van der Waals surface area (Å²) in [6, 6.07) is 13.7. The van der Waals surface area contributed by atoms with Crippen LogP contribution in [0.2, 0.25) is 0 Å². The van der Waals surface area contributed by atoms with Crippen LogP contribution < -0.4 is 9.47 Å². The van der Waals surface area contributed by atoms with E-state index in [1.165, 1.54) is 12.1 Å². The van der Waals surface area contributed by atoms with Crippen LogP contribution in [-0.4, -0.2) is 11.5 Å². The van der Waals surface area contributed by atoms with E-state index in [1.54, 1.807) is 12.1 Å². The Kier molecular flexibility index (Phi) is 4.55. The molecule has 0 aromatic heterocycles. The quantitative estimate of drug-likeness (QED) is 0.596. The van der Waals surface area contributed by atoms with Gasteiger partial charge in [-0.3, -0.25) is 10.1 Å². The van der Waals surface area contributed by atoms with E-state index in [0.29, 0.717) is 18.1 Å². The second-order valence-corrected chi connectivity index (χ2v) is 4.10. The maximum absolute atomic E-state index is 10.7. The number of ether oxygens (including phenoxy) is 2. The third-order valence-electron chi connectivity index (χ3n) is 2.66. The van der Waals surface area contributed by atoms with Gasteiger partial charge in [-0.15, -0.1) is 0 Å². The number of hydrogen-bond donors (Lipinski definition) is 0. The maximum atomic E-state index is 10.7. The van der Waals surface area contributed by atoms with Crippen LogP contribution in [-0.2, 0) is 6.61 Å². The molecular formula is C15H15NO4. The van der Waals surface area contributed by atoms with Crippen LogP contribution in [0.25, 0.3) is 0 Å². The molecule has 0 radical (unpaired) electrons. The number of nitro benzene ring substituents is 1. The van der Waals surface area contributed by atoms with Crippen molar-refractivity contribution >= 4 is 5.69 Å². The lowest BCUT2D eigenvalue weighted by molar-refractivity contribution is -0.384. The normalized spacial score (nSPS) is 10.1. The maximum Gasteiger partial charge on any atom is 0.269 e. The highest BCUT2D eigenvalue weighted by Gasteiger charge is 2.07. The Morgan fingerprint density at radius 3 is 2.40 bits per heavy atom. The monoisotopic (exact) mass is 273 g/mol. The van der Waals surface area contributed by atoms with E-state index in [4.69, 9.17) is 9.47 Å². The molecule has 0 saturated carbocycles. The van der Waals surface area contributed by atoms with Crippen molar-refractivity contribution in [1.82, 2.24) is 0 Å². The number of rotatable bonds is 6. The van der Waals surface area contributed by atoms with E-state index in [0.717, 1.165) is 5.56 Å². The first-order valence-corrected chi connectivity index (χ1v) is 6.28. The molecule has 20 heavy (non-hydrogen) atoms. The minimum Gasteiger partial charge on any atom is -0.490 e. The fourth-order valence-corrected chi connectivity index (χ4v) is 1.77. The van der Waals surface area contributed by atoms with Gasteiger partial charge in [0, 0.05) is 12.1 Å². The summed E-state index contributed by atoms with van der Waals surface area (Å²) in [4.78, 5) is 10.3. The van der Waals surface area contributed by atoms with Crippen LogP contribution in [0.1, 0.15) is 12.5 Å².